The molecule has 0 N–H and O–H groups in total. The first-order valence-electron chi connectivity index (χ1n) is 9.64. The first-order valence-corrected chi connectivity index (χ1v) is 12.2. The molecule has 0 saturated heterocycles. The molecule has 0 fully saturated rings. The number of sulfonamides is 1. The number of carbonyl (C=O) groups excluding carboxylic acids is 1. The minimum atomic E-state index is -3.68. The molecule has 2 aromatic rings. The van der Waals surface area contributed by atoms with Gasteiger partial charge in [0.25, 0.3) is 0 Å². The van der Waals surface area contributed by atoms with Crippen LogP contribution >= 0.6 is 22.6 Å². The monoisotopic (exact) mass is 551 g/mol. The van der Waals surface area contributed by atoms with E-state index in [1.807, 2.05) is 50.3 Å². The highest BCUT2D eigenvalue weighted by atomic mass is 127. The first-order chi connectivity index (χ1) is 14.7. The third-order valence-electron chi connectivity index (χ3n) is 4.42. The predicted octanol–water partition coefficient (Wildman–Crippen LogP) is 5.14. The number of rotatable bonds is 9. The number of hydrogen-bond donors (Lipinski definition) is 0. The average molecular weight is 551 g/mol. The van der Waals surface area contributed by atoms with Crippen LogP contribution in [0.5, 0.6) is 0 Å². The molecule has 0 aliphatic heterocycles. The molecule has 0 aromatic heterocycles. The third kappa shape index (κ3) is 7.75. The van der Waals surface area contributed by atoms with Crippen LogP contribution in [0.3, 0.4) is 0 Å². The second-order valence-electron chi connectivity index (χ2n) is 6.82. The zero-order valence-corrected chi connectivity index (χ0v) is 20.8. The van der Waals surface area contributed by atoms with Crippen LogP contribution in [0.15, 0.2) is 87.4 Å². The number of allylic oxidation sites excluding steroid dienone is 3. The summed E-state index contributed by atoms with van der Waals surface area (Å²) in [7, 11) is -2.36. The summed E-state index contributed by atoms with van der Waals surface area (Å²) in [5, 5.41) is 0. The van der Waals surface area contributed by atoms with Gasteiger partial charge in [-0.1, -0.05) is 66.3 Å². The van der Waals surface area contributed by atoms with Crippen LogP contribution in [-0.2, 0) is 19.6 Å². The van der Waals surface area contributed by atoms with Crippen molar-refractivity contribution in [2.45, 2.75) is 18.7 Å². The van der Waals surface area contributed by atoms with Crippen LogP contribution in [0.1, 0.15) is 18.1 Å². The van der Waals surface area contributed by atoms with E-state index < -0.39 is 16.0 Å². The molecule has 7 heteroatoms. The Morgan fingerprint density at radius 1 is 1.06 bits per heavy atom. The summed E-state index contributed by atoms with van der Waals surface area (Å²) in [5.41, 5.74) is 2.47. The number of benzene rings is 2. The molecule has 31 heavy (non-hydrogen) atoms. The van der Waals surface area contributed by atoms with Crippen LogP contribution in [0.2, 0.25) is 0 Å². The fraction of sp³-hybridized carbons (Fsp3) is 0.208. The minimum Gasteiger partial charge on any atom is -0.466 e. The molecule has 5 nitrogen and oxygen atoms in total. The Labute approximate surface area is 198 Å². The lowest BCUT2D eigenvalue weighted by atomic mass is 10.1. The lowest BCUT2D eigenvalue weighted by molar-refractivity contribution is -0.134. The van der Waals surface area contributed by atoms with Gasteiger partial charge in [-0.2, -0.15) is 4.31 Å². The second kappa shape index (κ2) is 12.0. The van der Waals surface area contributed by atoms with E-state index in [-0.39, 0.29) is 18.0 Å². The van der Waals surface area contributed by atoms with Crippen LogP contribution in [0.25, 0.3) is 5.57 Å². The quantitative estimate of drug-likeness (QED) is 0.188. The Kier molecular flexibility index (Phi) is 9.67. The Hall–Kier alpha value is -2.23. The lowest BCUT2D eigenvalue weighted by Gasteiger charge is -2.19. The SMILES string of the molecule is COC(=O)/C=C(\C=C\CN(C/C=C(/C)I)S(=O)(=O)c1ccc(C)cc1)c1ccccc1. The van der Waals surface area contributed by atoms with Crippen molar-refractivity contribution in [1.82, 2.24) is 4.31 Å². The van der Waals surface area contributed by atoms with Crippen LogP contribution in [0.4, 0.5) is 0 Å². The van der Waals surface area contributed by atoms with E-state index in [1.54, 1.807) is 36.4 Å². The van der Waals surface area contributed by atoms with Gasteiger partial charge in [-0.3, -0.25) is 0 Å². The molecule has 2 aromatic carbocycles. The van der Waals surface area contributed by atoms with Crippen molar-refractivity contribution in [1.29, 1.82) is 0 Å². The molecule has 0 amide bonds. The highest BCUT2D eigenvalue weighted by Crippen LogP contribution is 2.19. The van der Waals surface area contributed by atoms with E-state index in [2.05, 4.69) is 22.6 Å². The van der Waals surface area contributed by atoms with Gasteiger partial charge in [0, 0.05) is 19.2 Å². The number of hydrogen-bond acceptors (Lipinski definition) is 4. The Morgan fingerprint density at radius 3 is 2.29 bits per heavy atom. The molecule has 0 saturated carbocycles. The normalized spacial score (nSPS) is 13.1. The van der Waals surface area contributed by atoms with Crippen LogP contribution in [-0.4, -0.2) is 38.9 Å². The Bertz CT molecular complexity index is 1070. The van der Waals surface area contributed by atoms with Crippen molar-refractivity contribution in [3.05, 3.63) is 93.6 Å². The fourth-order valence-corrected chi connectivity index (χ4v) is 4.23. The van der Waals surface area contributed by atoms with Crippen LogP contribution in [0, 0.1) is 6.92 Å². The van der Waals surface area contributed by atoms with Crippen molar-refractivity contribution in [2.24, 2.45) is 0 Å². The van der Waals surface area contributed by atoms with Crippen molar-refractivity contribution in [3.8, 4) is 0 Å². The number of aryl methyl sites for hydroxylation is 1. The summed E-state index contributed by atoms with van der Waals surface area (Å²) in [6, 6.07) is 16.2. The van der Waals surface area contributed by atoms with Gasteiger partial charge in [0.2, 0.25) is 10.0 Å². The standard InChI is InChI=1S/C24H26INO4S/c1-19-11-13-23(14-12-19)31(28,29)26(17-15-20(2)25)16-7-10-22(18-24(27)30-3)21-8-5-4-6-9-21/h4-15,18H,16-17H2,1-3H3/b10-7+,20-15-,22-18+. The Morgan fingerprint density at radius 2 is 1.71 bits per heavy atom. The fourth-order valence-electron chi connectivity index (χ4n) is 2.70. The zero-order valence-electron chi connectivity index (χ0n) is 17.8. The van der Waals surface area contributed by atoms with Crippen molar-refractivity contribution in [2.75, 3.05) is 20.2 Å². The third-order valence-corrected chi connectivity index (χ3v) is 6.71. The van der Waals surface area contributed by atoms with Crippen molar-refractivity contribution in [3.63, 3.8) is 0 Å². The van der Waals surface area contributed by atoms with Gasteiger partial charge < -0.3 is 4.74 Å². The molecule has 2 rings (SSSR count). The number of ether oxygens (including phenoxy) is 1. The maximum Gasteiger partial charge on any atom is 0.331 e. The van der Waals surface area contributed by atoms with E-state index in [1.165, 1.54) is 17.5 Å². The molecular formula is C24H26INO4S. The largest absolute Gasteiger partial charge is 0.466 e. The van der Waals surface area contributed by atoms with E-state index in [0.29, 0.717) is 5.57 Å². The molecule has 0 atom stereocenters. The van der Waals surface area contributed by atoms with Gasteiger partial charge in [-0.15, -0.1) is 0 Å². The van der Waals surface area contributed by atoms with Gasteiger partial charge >= 0.3 is 5.97 Å². The number of halogens is 1. The highest BCUT2D eigenvalue weighted by molar-refractivity contribution is 14.1. The number of methoxy groups -OCH3 is 1. The zero-order chi connectivity index (χ0) is 22.9. The second-order valence-corrected chi connectivity index (χ2v) is 10.5. The highest BCUT2D eigenvalue weighted by Gasteiger charge is 2.22. The van der Waals surface area contributed by atoms with Gasteiger partial charge in [0.05, 0.1) is 12.0 Å². The molecular weight excluding hydrogens is 525 g/mol. The average Bonchev–Trinajstić information content (AvgIpc) is 2.75. The maximum absolute atomic E-state index is 13.2. The molecule has 0 spiro atoms. The van der Waals surface area contributed by atoms with E-state index in [4.69, 9.17) is 4.74 Å². The Balaban J connectivity index is 2.34. The van der Waals surface area contributed by atoms with Crippen molar-refractivity contribution < 1.29 is 17.9 Å². The van der Waals surface area contributed by atoms with E-state index in [0.717, 1.165) is 14.7 Å². The van der Waals surface area contributed by atoms with Gasteiger partial charge in [0.1, 0.15) is 0 Å². The molecule has 0 unspecified atom stereocenters. The van der Waals surface area contributed by atoms with Crippen molar-refractivity contribution >= 4 is 44.2 Å². The summed E-state index contributed by atoms with van der Waals surface area (Å²) in [4.78, 5) is 12.0. The van der Waals surface area contributed by atoms with E-state index >= 15 is 0 Å². The summed E-state index contributed by atoms with van der Waals surface area (Å²) < 4.78 is 33.5. The predicted molar refractivity (Wildman–Crippen MR) is 133 cm³/mol. The van der Waals surface area contributed by atoms with Gasteiger partial charge in [0.15, 0.2) is 0 Å². The number of carbonyl (C=O) groups is 1. The first kappa shape index (κ1) is 25.0. The molecule has 0 bridgehead atoms. The molecule has 0 aliphatic carbocycles. The van der Waals surface area contributed by atoms with Gasteiger partial charge in [-0.05, 0) is 63.3 Å². The molecule has 0 heterocycles. The molecule has 164 valence electrons. The lowest BCUT2D eigenvalue weighted by Crippen LogP contribution is -2.31. The molecule has 0 radical (unpaired) electrons. The number of esters is 1. The smallest absolute Gasteiger partial charge is 0.331 e. The van der Waals surface area contributed by atoms with E-state index in [9.17, 15) is 13.2 Å². The van der Waals surface area contributed by atoms with Crippen LogP contribution < -0.4 is 0 Å². The summed E-state index contributed by atoms with van der Waals surface area (Å²) >= 11 is 2.16. The number of nitrogens with zero attached hydrogens (tertiary/aromatic N) is 1. The van der Waals surface area contributed by atoms with Gasteiger partial charge in [-0.25, -0.2) is 13.2 Å². The summed E-state index contributed by atoms with van der Waals surface area (Å²) in [5.74, 6) is -0.476. The summed E-state index contributed by atoms with van der Waals surface area (Å²) in [6.07, 6.45) is 6.73. The topological polar surface area (TPSA) is 63.7 Å². The summed E-state index contributed by atoms with van der Waals surface area (Å²) in [6.45, 7) is 4.23. The maximum atomic E-state index is 13.2. The minimum absolute atomic E-state index is 0.155. The molecule has 0 aliphatic rings.